The van der Waals surface area contributed by atoms with E-state index in [2.05, 4.69) is 29.6 Å². The van der Waals surface area contributed by atoms with E-state index in [4.69, 9.17) is 4.74 Å². The lowest BCUT2D eigenvalue weighted by Gasteiger charge is -2.43. The number of ether oxygens (including phenoxy) is 1. The number of hydrogen-bond acceptors (Lipinski definition) is 4. The molecule has 1 heterocycles. The number of nitrogens with one attached hydrogen (secondary N) is 2. The molecule has 142 valence electrons. The molecule has 0 aromatic heterocycles. The van der Waals surface area contributed by atoms with Crippen LogP contribution in [0.4, 0.5) is 0 Å². The summed E-state index contributed by atoms with van der Waals surface area (Å²) in [6, 6.07) is 9.06. The highest BCUT2D eigenvalue weighted by Crippen LogP contribution is 2.32. The molecule has 2 fully saturated rings. The fraction of sp³-hybridized carbons (Fsp3) is 0.600. The summed E-state index contributed by atoms with van der Waals surface area (Å²) in [5.41, 5.74) is 0.884. The Morgan fingerprint density at radius 2 is 1.92 bits per heavy atom. The quantitative estimate of drug-likeness (QED) is 0.838. The van der Waals surface area contributed by atoms with E-state index in [1.807, 2.05) is 30.3 Å². The Bertz CT molecular complexity index is 626. The molecule has 3 rings (SSSR count). The summed E-state index contributed by atoms with van der Waals surface area (Å²) in [5, 5.41) is 6.00. The highest BCUT2D eigenvalue weighted by Gasteiger charge is 2.39. The minimum atomic E-state index is -0.710. The minimum absolute atomic E-state index is 0.00800. The van der Waals surface area contributed by atoms with Crippen LogP contribution in [0.15, 0.2) is 30.3 Å². The number of rotatable bonds is 5. The van der Waals surface area contributed by atoms with Crippen LogP contribution in [-0.4, -0.2) is 55.6 Å². The Morgan fingerprint density at radius 1 is 1.23 bits per heavy atom. The first-order valence-electron chi connectivity index (χ1n) is 9.43. The zero-order valence-electron chi connectivity index (χ0n) is 15.7. The Kier molecular flexibility index (Phi) is 5.94. The van der Waals surface area contributed by atoms with Crippen LogP contribution >= 0.6 is 0 Å². The van der Waals surface area contributed by atoms with Crippen LogP contribution < -0.4 is 10.6 Å². The van der Waals surface area contributed by atoms with Crippen molar-refractivity contribution in [1.29, 1.82) is 0 Å². The van der Waals surface area contributed by atoms with E-state index in [0.29, 0.717) is 6.54 Å². The molecule has 1 aliphatic heterocycles. The van der Waals surface area contributed by atoms with E-state index in [1.165, 1.54) is 19.3 Å². The van der Waals surface area contributed by atoms with Crippen LogP contribution in [0, 0.1) is 0 Å². The monoisotopic (exact) mass is 359 g/mol. The SMILES string of the molecule is CN(C)C1(CNC(=O)[C@H]2OCC(=O)N[C@@H]2c2ccccc2)CCCCC1. The molecule has 2 aliphatic rings. The predicted octanol–water partition coefficient (Wildman–Crippen LogP) is 1.62. The van der Waals surface area contributed by atoms with Crippen LogP contribution in [0.2, 0.25) is 0 Å². The summed E-state index contributed by atoms with van der Waals surface area (Å²) >= 11 is 0. The van der Waals surface area contributed by atoms with Crippen molar-refractivity contribution in [3.8, 4) is 0 Å². The van der Waals surface area contributed by atoms with Crippen LogP contribution in [0.1, 0.15) is 43.7 Å². The van der Waals surface area contributed by atoms with E-state index in [0.717, 1.165) is 18.4 Å². The molecule has 1 aromatic rings. The van der Waals surface area contributed by atoms with Crippen LogP contribution in [0.3, 0.4) is 0 Å². The van der Waals surface area contributed by atoms with Gasteiger partial charge in [0.05, 0.1) is 6.04 Å². The Labute approximate surface area is 155 Å². The summed E-state index contributed by atoms with van der Waals surface area (Å²) in [6.45, 7) is 0.522. The number of hydrogen-bond donors (Lipinski definition) is 2. The summed E-state index contributed by atoms with van der Waals surface area (Å²) in [4.78, 5) is 26.9. The molecule has 6 heteroatoms. The van der Waals surface area contributed by atoms with Gasteiger partial charge >= 0.3 is 0 Å². The highest BCUT2D eigenvalue weighted by molar-refractivity contribution is 5.86. The molecule has 0 radical (unpaired) electrons. The summed E-state index contributed by atoms with van der Waals surface area (Å²) < 4.78 is 5.61. The topological polar surface area (TPSA) is 70.7 Å². The lowest BCUT2D eigenvalue weighted by atomic mass is 9.80. The van der Waals surface area contributed by atoms with E-state index in [1.54, 1.807) is 0 Å². The fourth-order valence-electron chi connectivity index (χ4n) is 4.04. The van der Waals surface area contributed by atoms with Gasteiger partial charge in [-0.15, -0.1) is 0 Å². The molecule has 0 bridgehead atoms. The van der Waals surface area contributed by atoms with Crippen molar-refractivity contribution in [2.24, 2.45) is 0 Å². The number of likely N-dealkylation sites (N-methyl/N-ethyl adjacent to an activating group) is 1. The Balaban J connectivity index is 1.69. The molecule has 1 aliphatic carbocycles. The first-order valence-corrected chi connectivity index (χ1v) is 9.43. The lowest BCUT2D eigenvalue weighted by Crippen LogP contribution is -2.57. The third kappa shape index (κ3) is 4.07. The number of carbonyl (C=O) groups is 2. The van der Waals surface area contributed by atoms with Crippen molar-refractivity contribution in [2.45, 2.75) is 49.8 Å². The average molecular weight is 359 g/mol. The third-order valence-corrected chi connectivity index (χ3v) is 5.75. The van der Waals surface area contributed by atoms with Crippen molar-refractivity contribution in [3.05, 3.63) is 35.9 Å². The molecule has 1 saturated heterocycles. The normalized spacial score (nSPS) is 25.6. The Hall–Kier alpha value is -1.92. The zero-order chi connectivity index (χ0) is 18.6. The predicted molar refractivity (Wildman–Crippen MR) is 99.6 cm³/mol. The number of carbonyl (C=O) groups excluding carboxylic acids is 2. The zero-order valence-corrected chi connectivity index (χ0v) is 15.7. The minimum Gasteiger partial charge on any atom is -0.356 e. The number of nitrogens with zero attached hydrogens (tertiary/aromatic N) is 1. The summed E-state index contributed by atoms with van der Waals surface area (Å²) in [6.07, 6.45) is 5.11. The smallest absolute Gasteiger partial charge is 0.251 e. The largest absolute Gasteiger partial charge is 0.356 e. The Morgan fingerprint density at radius 3 is 2.58 bits per heavy atom. The molecule has 1 aromatic carbocycles. The number of benzene rings is 1. The van der Waals surface area contributed by atoms with Gasteiger partial charge in [0, 0.05) is 12.1 Å². The second-order valence-electron chi connectivity index (χ2n) is 7.58. The van der Waals surface area contributed by atoms with Gasteiger partial charge in [-0.25, -0.2) is 0 Å². The maximum atomic E-state index is 12.9. The van der Waals surface area contributed by atoms with Crippen LogP contribution in [0.25, 0.3) is 0 Å². The molecular weight excluding hydrogens is 330 g/mol. The van der Waals surface area contributed by atoms with Crippen molar-refractivity contribution in [3.63, 3.8) is 0 Å². The van der Waals surface area contributed by atoms with Crippen molar-refractivity contribution < 1.29 is 14.3 Å². The first kappa shape index (κ1) is 18.9. The van der Waals surface area contributed by atoms with Gasteiger partial charge in [0.15, 0.2) is 6.10 Å². The third-order valence-electron chi connectivity index (χ3n) is 5.75. The van der Waals surface area contributed by atoms with E-state index in [9.17, 15) is 9.59 Å². The van der Waals surface area contributed by atoms with Crippen molar-refractivity contribution in [1.82, 2.24) is 15.5 Å². The van der Waals surface area contributed by atoms with Gasteiger partial charge in [-0.1, -0.05) is 49.6 Å². The molecule has 1 saturated carbocycles. The second kappa shape index (κ2) is 8.18. The van der Waals surface area contributed by atoms with Crippen molar-refractivity contribution >= 4 is 11.8 Å². The molecule has 26 heavy (non-hydrogen) atoms. The van der Waals surface area contributed by atoms with Gasteiger partial charge in [0.2, 0.25) is 5.91 Å². The molecule has 6 nitrogen and oxygen atoms in total. The molecule has 0 unspecified atom stereocenters. The van der Waals surface area contributed by atoms with Gasteiger partial charge in [-0.2, -0.15) is 0 Å². The van der Waals surface area contributed by atoms with Crippen LogP contribution in [0.5, 0.6) is 0 Å². The van der Waals surface area contributed by atoms with Crippen LogP contribution in [-0.2, 0) is 14.3 Å². The number of amides is 2. The van der Waals surface area contributed by atoms with E-state index in [-0.39, 0.29) is 24.0 Å². The summed E-state index contributed by atoms with van der Waals surface area (Å²) in [5.74, 6) is -0.356. The van der Waals surface area contributed by atoms with E-state index >= 15 is 0 Å². The molecular formula is C20H29N3O3. The average Bonchev–Trinajstić information content (AvgIpc) is 2.67. The summed E-state index contributed by atoms with van der Waals surface area (Å²) in [7, 11) is 4.17. The lowest BCUT2D eigenvalue weighted by molar-refractivity contribution is -0.148. The van der Waals surface area contributed by atoms with Gasteiger partial charge in [-0.05, 0) is 32.5 Å². The maximum absolute atomic E-state index is 12.9. The van der Waals surface area contributed by atoms with Gasteiger partial charge < -0.3 is 20.3 Å². The first-order chi connectivity index (χ1) is 12.5. The van der Waals surface area contributed by atoms with E-state index < -0.39 is 12.1 Å². The molecule has 2 N–H and O–H groups in total. The second-order valence-corrected chi connectivity index (χ2v) is 7.58. The van der Waals surface area contributed by atoms with Gasteiger partial charge in [0.25, 0.3) is 5.91 Å². The number of morpholine rings is 1. The molecule has 2 amide bonds. The highest BCUT2D eigenvalue weighted by atomic mass is 16.5. The molecule has 0 spiro atoms. The molecule has 2 atom stereocenters. The maximum Gasteiger partial charge on any atom is 0.251 e. The standard InChI is InChI=1S/C20H29N3O3/c1-23(2)20(11-7-4-8-12-20)14-21-19(25)18-17(22-16(24)13-26-18)15-9-5-3-6-10-15/h3,5-6,9-10,17-18H,4,7-8,11-14H2,1-2H3,(H,21,25)(H,22,24)/t17-,18+/m1/s1. The van der Waals surface area contributed by atoms with Gasteiger partial charge in [-0.3, -0.25) is 9.59 Å². The van der Waals surface area contributed by atoms with Gasteiger partial charge in [0.1, 0.15) is 6.61 Å². The fourth-order valence-corrected chi connectivity index (χ4v) is 4.04. The van der Waals surface area contributed by atoms with Crippen molar-refractivity contribution in [2.75, 3.05) is 27.2 Å².